The van der Waals surface area contributed by atoms with Crippen LogP contribution in [0.4, 0.5) is 0 Å². The third kappa shape index (κ3) is 6.10. The average molecular weight is 585 g/mol. The summed E-state index contributed by atoms with van der Waals surface area (Å²) < 4.78 is 19.4. The molecule has 0 amide bonds. The zero-order valence-electron chi connectivity index (χ0n) is 25.3. The summed E-state index contributed by atoms with van der Waals surface area (Å²) in [6.07, 6.45) is 8.71. The van der Waals surface area contributed by atoms with Crippen molar-refractivity contribution in [3.63, 3.8) is 0 Å². The maximum atomic E-state index is 11.7. The van der Waals surface area contributed by atoms with Gasteiger partial charge in [0.25, 0.3) is 0 Å². The van der Waals surface area contributed by atoms with E-state index in [2.05, 4.69) is 42.1 Å². The van der Waals surface area contributed by atoms with Crippen molar-refractivity contribution in [1.82, 2.24) is 19.7 Å². The van der Waals surface area contributed by atoms with Crippen molar-refractivity contribution in [2.24, 2.45) is 0 Å². The highest BCUT2D eigenvalue weighted by molar-refractivity contribution is 5.90. The second kappa shape index (κ2) is 12.7. The Morgan fingerprint density at radius 2 is 2.07 bits per heavy atom. The Morgan fingerprint density at radius 3 is 2.86 bits per heavy atom. The lowest BCUT2D eigenvalue weighted by Gasteiger charge is -2.38. The number of aryl methyl sites for hydroxylation is 1. The van der Waals surface area contributed by atoms with Crippen molar-refractivity contribution in [1.29, 1.82) is 0 Å². The monoisotopic (exact) mass is 584 g/mol. The first-order valence-electron chi connectivity index (χ1n) is 15.3. The lowest BCUT2D eigenvalue weighted by Crippen LogP contribution is -2.44. The average Bonchev–Trinajstić information content (AvgIpc) is 3.45. The number of rotatable bonds is 9. The van der Waals surface area contributed by atoms with Gasteiger partial charge in [-0.1, -0.05) is 24.3 Å². The summed E-state index contributed by atoms with van der Waals surface area (Å²) in [5.41, 5.74) is 8.25. The van der Waals surface area contributed by atoms with Crippen molar-refractivity contribution >= 4 is 11.5 Å². The number of pyridine rings is 1. The van der Waals surface area contributed by atoms with Crippen molar-refractivity contribution in [2.75, 3.05) is 26.4 Å². The minimum Gasteiger partial charge on any atom is -0.488 e. The molecule has 4 heterocycles. The number of aromatic nitrogens is 3. The molecule has 0 bridgehead atoms. The van der Waals surface area contributed by atoms with Crippen LogP contribution in [0.1, 0.15) is 77.8 Å². The van der Waals surface area contributed by atoms with Gasteiger partial charge in [0.2, 0.25) is 5.88 Å². The number of nitrogens with zero attached hydrogens (tertiary/aromatic N) is 4. The smallest absolute Gasteiger partial charge is 0.342 e. The van der Waals surface area contributed by atoms with Gasteiger partial charge in [-0.15, -0.1) is 0 Å². The van der Waals surface area contributed by atoms with Crippen molar-refractivity contribution in [2.45, 2.75) is 72.1 Å². The van der Waals surface area contributed by atoms with Crippen LogP contribution in [-0.4, -0.2) is 63.1 Å². The molecule has 0 unspecified atom stereocenters. The number of carbonyl (C=O) groups is 1. The Bertz CT molecular complexity index is 1570. The van der Waals surface area contributed by atoms with Crippen LogP contribution in [0.5, 0.6) is 5.88 Å². The molecule has 1 aromatic carbocycles. The Kier molecular flexibility index (Phi) is 8.63. The fraction of sp³-hybridized carbons (Fsp3) is 0.441. The standard InChI is InChI=1S/C34H40N4O5/c1-4-42-33-28(34(39)40)18-35-38(33)31-12-6-11-30(36-31)27-10-5-8-22(2)32(27)43-20-24-16-23(3)29-19-37(14-13-25(29)17-24)26-9-7-15-41-21-26/h6,10-12,16-18,26H,4-5,7-9,13-15,19-21H2,1-3H3,(H,39,40)/t26-/m0/s1. The molecule has 6 rings (SSSR count). The normalized spacial score (nSPS) is 19.1. The molecular formula is C34H40N4O5. The maximum absolute atomic E-state index is 11.7. The third-order valence-corrected chi connectivity index (χ3v) is 8.65. The molecule has 9 heteroatoms. The molecule has 3 aliphatic rings. The van der Waals surface area contributed by atoms with Gasteiger partial charge in [0, 0.05) is 31.3 Å². The number of aromatic carboxylic acids is 1. The van der Waals surface area contributed by atoms with E-state index in [0.29, 0.717) is 25.1 Å². The predicted octanol–water partition coefficient (Wildman–Crippen LogP) is 5.88. The van der Waals surface area contributed by atoms with Crippen LogP contribution >= 0.6 is 0 Å². The zero-order chi connectivity index (χ0) is 29.9. The SMILES string of the molecule is CCOc1c(C(=O)O)cnn1-c1cccc(C2=CCCC(C)=C2OCc2cc(C)c3c(c2)CCN([C@H]2CCCOC2)C3)n1. The molecule has 226 valence electrons. The number of carboxylic acid groups (broad SMARTS) is 1. The fourth-order valence-electron chi connectivity index (χ4n) is 6.43. The number of ether oxygens (including phenoxy) is 3. The van der Waals surface area contributed by atoms with E-state index in [9.17, 15) is 9.90 Å². The Hall–Kier alpha value is -3.95. The third-order valence-electron chi connectivity index (χ3n) is 8.65. The van der Waals surface area contributed by atoms with E-state index in [0.717, 1.165) is 69.0 Å². The maximum Gasteiger partial charge on any atom is 0.342 e. The van der Waals surface area contributed by atoms with E-state index < -0.39 is 5.97 Å². The summed E-state index contributed by atoms with van der Waals surface area (Å²) in [6.45, 7) is 10.7. The van der Waals surface area contributed by atoms with Crippen molar-refractivity contribution in [3.8, 4) is 11.7 Å². The topological polar surface area (TPSA) is 98.9 Å². The van der Waals surface area contributed by atoms with E-state index in [4.69, 9.17) is 19.2 Å². The van der Waals surface area contributed by atoms with E-state index in [1.807, 2.05) is 19.1 Å². The van der Waals surface area contributed by atoms with Gasteiger partial charge < -0.3 is 19.3 Å². The summed E-state index contributed by atoms with van der Waals surface area (Å²) in [7, 11) is 0. The van der Waals surface area contributed by atoms with Gasteiger partial charge in [-0.3, -0.25) is 4.90 Å². The minimum atomic E-state index is -1.09. The van der Waals surface area contributed by atoms with E-state index in [1.165, 1.54) is 45.1 Å². The van der Waals surface area contributed by atoms with Crippen LogP contribution in [0.15, 0.2) is 53.9 Å². The van der Waals surface area contributed by atoms with E-state index >= 15 is 0 Å². The lowest BCUT2D eigenvalue weighted by molar-refractivity contribution is 0.0124. The van der Waals surface area contributed by atoms with Gasteiger partial charge >= 0.3 is 5.97 Å². The fourth-order valence-corrected chi connectivity index (χ4v) is 6.43. The van der Waals surface area contributed by atoms with E-state index in [-0.39, 0.29) is 11.4 Å². The highest BCUT2D eigenvalue weighted by Gasteiger charge is 2.27. The quantitative estimate of drug-likeness (QED) is 0.333. The minimum absolute atomic E-state index is 0.00162. The van der Waals surface area contributed by atoms with Crippen LogP contribution in [0.25, 0.3) is 11.4 Å². The first-order valence-corrected chi connectivity index (χ1v) is 15.3. The summed E-state index contributed by atoms with van der Waals surface area (Å²) in [5.74, 6) is 0.407. The molecule has 0 radical (unpaired) electrons. The Morgan fingerprint density at radius 1 is 1.19 bits per heavy atom. The van der Waals surface area contributed by atoms with Crippen LogP contribution in [0.2, 0.25) is 0 Å². The number of fused-ring (bicyclic) bond motifs is 1. The highest BCUT2D eigenvalue weighted by atomic mass is 16.5. The predicted molar refractivity (Wildman–Crippen MR) is 163 cm³/mol. The largest absolute Gasteiger partial charge is 0.488 e. The first kappa shape index (κ1) is 29.1. The second-order valence-electron chi connectivity index (χ2n) is 11.6. The molecule has 1 saturated heterocycles. The van der Waals surface area contributed by atoms with Crippen molar-refractivity contribution < 1.29 is 24.1 Å². The van der Waals surface area contributed by atoms with Gasteiger partial charge in [-0.2, -0.15) is 9.78 Å². The number of benzene rings is 1. The molecule has 1 N–H and O–H groups in total. The molecule has 3 aromatic rings. The molecule has 2 aromatic heterocycles. The molecular weight excluding hydrogens is 544 g/mol. The van der Waals surface area contributed by atoms with E-state index in [1.54, 1.807) is 6.07 Å². The molecule has 43 heavy (non-hydrogen) atoms. The van der Waals surface area contributed by atoms with Crippen LogP contribution in [0, 0.1) is 6.92 Å². The molecule has 2 aliphatic heterocycles. The summed E-state index contributed by atoms with van der Waals surface area (Å²) in [4.78, 5) is 19.2. The first-order chi connectivity index (χ1) is 20.9. The number of carboxylic acids is 1. The highest BCUT2D eigenvalue weighted by Crippen LogP contribution is 2.35. The summed E-state index contributed by atoms with van der Waals surface area (Å²) in [6, 6.07) is 10.8. The van der Waals surface area contributed by atoms with Gasteiger partial charge in [-0.05, 0) is 92.8 Å². The summed E-state index contributed by atoms with van der Waals surface area (Å²) in [5, 5.41) is 13.9. The number of allylic oxidation sites excluding steroid dienone is 3. The molecule has 0 saturated carbocycles. The molecule has 1 atom stereocenters. The van der Waals surface area contributed by atoms with Gasteiger partial charge in [0.15, 0.2) is 5.82 Å². The molecule has 1 aliphatic carbocycles. The molecule has 1 fully saturated rings. The number of hydrogen-bond acceptors (Lipinski definition) is 7. The zero-order valence-corrected chi connectivity index (χ0v) is 25.3. The van der Waals surface area contributed by atoms with Gasteiger partial charge in [0.1, 0.15) is 17.9 Å². The molecule has 0 spiro atoms. The van der Waals surface area contributed by atoms with Crippen LogP contribution < -0.4 is 4.74 Å². The summed E-state index contributed by atoms with van der Waals surface area (Å²) >= 11 is 0. The molecule has 9 nitrogen and oxygen atoms in total. The lowest BCUT2D eigenvalue weighted by atomic mass is 9.91. The Balaban J connectivity index is 1.21. The number of hydrogen-bond donors (Lipinski definition) is 1. The van der Waals surface area contributed by atoms with Gasteiger partial charge in [0.05, 0.1) is 25.1 Å². The van der Waals surface area contributed by atoms with Crippen molar-refractivity contribution in [3.05, 3.63) is 87.4 Å². The Labute approximate surface area is 252 Å². The van der Waals surface area contributed by atoms with Crippen LogP contribution in [-0.2, 0) is 29.0 Å². The van der Waals surface area contributed by atoms with Crippen LogP contribution in [0.3, 0.4) is 0 Å². The van der Waals surface area contributed by atoms with Gasteiger partial charge in [-0.25, -0.2) is 9.78 Å². The second-order valence-corrected chi connectivity index (χ2v) is 11.6.